The van der Waals surface area contributed by atoms with Gasteiger partial charge in [0.05, 0.1) is 5.69 Å². The van der Waals surface area contributed by atoms with E-state index in [1.54, 1.807) is 9.80 Å². The first kappa shape index (κ1) is 19.7. The van der Waals surface area contributed by atoms with E-state index in [9.17, 15) is 9.59 Å². The van der Waals surface area contributed by atoms with E-state index >= 15 is 0 Å². The molecule has 0 saturated carbocycles. The number of hydrogen-bond donors (Lipinski definition) is 0. The minimum Gasteiger partial charge on any atom is -0.444 e. The number of pyridine rings is 1. The van der Waals surface area contributed by atoms with Gasteiger partial charge in [0.15, 0.2) is 0 Å². The zero-order chi connectivity index (χ0) is 19.8. The maximum absolute atomic E-state index is 13.2. The van der Waals surface area contributed by atoms with Crippen LogP contribution >= 0.6 is 15.9 Å². The Labute approximate surface area is 167 Å². The molecule has 0 aliphatic carbocycles. The molecule has 1 aliphatic rings. The van der Waals surface area contributed by atoms with Crippen LogP contribution in [-0.2, 0) is 11.2 Å². The van der Waals surface area contributed by atoms with Crippen LogP contribution in [0.15, 0.2) is 22.8 Å². The number of amides is 2. The van der Waals surface area contributed by atoms with E-state index in [4.69, 9.17) is 4.74 Å². The molecular formula is C19H25BrN4O3. The number of aromatic nitrogens is 2. The second-order valence-corrected chi connectivity index (χ2v) is 8.51. The third-order valence-electron chi connectivity index (χ3n) is 4.41. The average molecular weight is 437 g/mol. The minimum absolute atomic E-state index is 0.0544. The van der Waals surface area contributed by atoms with Gasteiger partial charge in [-0.15, -0.1) is 0 Å². The molecule has 0 bridgehead atoms. The lowest BCUT2D eigenvalue weighted by molar-refractivity contribution is 0.0140. The molecule has 0 N–H and O–H groups in total. The predicted molar refractivity (Wildman–Crippen MR) is 106 cm³/mol. The number of hydrogen-bond acceptors (Lipinski definition) is 4. The molecule has 3 heterocycles. The van der Waals surface area contributed by atoms with Gasteiger partial charge in [-0.2, -0.15) is 0 Å². The molecule has 1 fully saturated rings. The van der Waals surface area contributed by atoms with Crippen molar-refractivity contribution in [2.75, 3.05) is 26.2 Å². The summed E-state index contributed by atoms with van der Waals surface area (Å²) in [5.74, 6) is -0.0544. The summed E-state index contributed by atoms with van der Waals surface area (Å²) in [5.41, 5.74) is 1.61. The summed E-state index contributed by atoms with van der Waals surface area (Å²) in [5, 5.41) is 0. The van der Waals surface area contributed by atoms with Crippen molar-refractivity contribution in [3.8, 4) is 0 Å². The number of rotatable bonds is 2. The first-order chi connectivity index (χ1) is 12.7. The first-order valence-corrected chi connectivity index (χ1v) is 9.92. The second kappa shape index (κ2) is 7.50. The molecule has 0 unspecified atom stereocenters. The largest absolute Gasteiger partial charge is 0.444 e. The number of nitrogens with zero attached hydrogens (tertiary/aromatic N) is 4. The van der Waals surface area contributed by atoms with Gasteiger partial charge in [-0.3, -0.25) is 9.20 Å². The fourth-order valence-electron chi connectivity index (χ4n) is 3.11. The van der Waals surface area contributed by atoms with E-state index in [2.05, 4.69) is 20.9 Å². The van der Waals surface area contributed by atoms with Crippen molar-refractivity contribution in [3.63, 3.8) is 0 Å². The maximum atomic E-state index is 13.2. The molecule has 2 aromatic rings. The van der Waals surface area contributed by atoms with Gasteiger partial charge in [0, 0.05) is 36.8 Å². The molecule has 2 amide bonds. The highest BCUT2D eigenvalue weighted by atomic mass is 79.9. The number of halogens is 1. The molecule has 146 valence electrons. The highest BCUT2D eigenvalue weighted by Gasteiger charge is 2.30. The summed E-state index contributed by atoms with van der Waals surface area (Å²) in [6.45, 7) is 9.41. The van der Waals surface area contributed by atoms with Gasteiger partial charge in [-0.25, -0.2) is 9.78 Å². The molecule has 0 spiro atoms. The zero-order valence-electron chi connectivity index (χ0n) is 16.2. The highest BCUT2D eigenvalue weighted by Crippen LogP contribution is 2.20. The molecule has 3 rings (SSSR count). The fourth-order valence-corrected chi connectivity index (χ4v) is 3.45. The average Bonchev–Trinajstić information content (AvgIpc) is 2.97. The van der Waals surface area contributed by atoms with Crippen molar-refractivity contribution in [2.24, 2.45) is 0 Å². The summed E-state index contributed by atoms with van der Waals surface area (Å²) in [4.78, 5) is 33.4. The van der Waals surface area contributed by atoms with Crippen LogP contribution in [0.3, 0.4) is 0 Å². The number of ether oxygens (including phenoxy) is 1. The van der Waals surface area contributed by atoms with Gasteiger partial charge < -0.3 is 14.5 Å². The van der Waals surface area contributed by atoms with Crippen molar-refractivity contribution in [3.05, 3.63) is 34.2 Å². The summed E-state index contributed by atoms with van der Waals surface area (Å²) in [6.07, 6.45) is 2.21. The molecule has 7 nitrogen and oxygen atoms in total. The highest BCUT2D eigenvalue weighted by molar-refractivity contribution is 9.10. The Morgan fingerprint density at radius 1 is 1.15 bits per heavy atom. The van der Waals surface area contributed by atoms with Gasteiger partial charge >= 0.3 is 6.09 Å². The minimum atomic E-state index is -0.524. The fraction of sp³-hybridized carbons (Fsp3) is 0.526. The number of imidazole rings is 1. The third kappa shape index (κ3) is 4.26. The quantitative estimate of drug-likeness (QED) is 0.723. The number of carbonyl (C=O) groups is 2. The van der Waals surface area contributed by atoms with Gasteiger partial charge in [-0.1, -0.05) is 6.92 Å². The Morgan fingerprint density at radius 2 is 1.78 bits per heavy atom. The number of fused-ring (bicyclic) bond motifs is 1. The lowest BCUT2D eigenvalue weighted by Gasteiger charge is -2.35. The van der Waals surface area contributed by atoms with E-state index in [1.807, 2.05) is 50.4 Å². The van der Waals surface area contributed by atoms with Gasteiger partial charge in [-0.05, 0) is 55.3 Å². The van der Waals surface area contributed by atoms with Crippen LogP contribution in [0.5, 0.6) is 0 Å². The second-order valence-electron chi connectivity index (χ2n) is 7.60. The Hall–Kier alpha value is -2.09. The van der Waals surface area contributed by atoms with Crippen molar-refractivity contribution in [1.29, 1.82) is 0 Å². The normalized spacial score (nSPS) is 15.3. The van der Waals surface area contributed by atoms with E-state index in [1.165, 1.54) is 0 Å². The lowest BCUT2D eigenvalue weighted by Crippen LogP contribution is -2.51. The first-order valence-electron chi connectivity index (χ1n) is 9.13. The third-order valence-corrected chi connectivity index (χ3v) is 4.88. The monoisotopic (exact) mass is 436 g/mol. The van der Waals surface area contributed by atoms with Gasteiger partial charge in [0.25, 0.3) is 5.91 Å². The molecule has 0 atom stereocenters. The van der Waals surface area contributed by atoms with Crippen molar-refractivity contribution < 1.29 is 14.3 Å². The van der Waals surface area contributed by atoms with E-state index in [0.29, 0.717) is 38.3 Å². The van der Waals surface area contributed by atoms with Crippen LogP contribution in [0.4, 0.5) is 4.79 Å². The number of carbonyl (C=O) groups excluding carboxylic acids is 2. The molecule has 0 radical (unpaired) electrons. The van der Waals surface area contributed by atoms with Crippen molar-refractivity contribution in [2.45, 2.75) is 39.7 Å². The SMILES string of the molecule is CCc1nc2ccc(Br)cn2c1C(=O)N1CCN(C(=O)OC(C)(C)C)CC1. The standard InChI is InChI=1S/C19H25BrN4O3/c1-5-14-16(24-12-13(20)6-7-15(24)21-14)17(25)22-8-10-23(11-9-22)18(26)27-19(2,3)4/h6-7,12H,5,8-11H2,1-4H3. The number of aryl methyl sites for hydroxylation is 1. The van der Waals surface area contributed by atoms with Crippen molar-refractivity contribution >= 4 is 33.6 Å². The van der Waals surface area contributed by atoms with Crippen LogP contribution < -0.4 is 0 Å². The molecule has 0 aromatic carbocycles. The molecule has 2 aromatic heterocycles. The molecule has 8 heteroatoms. The molecule has 1 aliphatic heterocycles. The van der Waals surface area contributed by atoms with E-state index < -0.39 is 5.60 Å². The maximum Gasteiger partial charge on any atom is 0.410 e. The number of piperazine rings is 1. The van der Waals surface area contributed by atoms with Crippen LogP contribution in [0.25, 0.3) is 5.65 Å². The Kier molecular flexibility index (Phi) is 5.46. The summed E-state index contributed by atoms with van der Waals surface area (Å²) in [6, 6.07) is 3.80. The predicted octanol–water partition coefficient (Wildman–Crippen LogP) is 3.35. The van der Waals surface area contributed by atoms with Crippen molar-refractivity contribution in [1.82, 2.24) is 19.2 Å². The summed E-state index contributed by atoms with van der Waals surface area (Å²) in [7, 11) is 0. The Bertz CT molecular complexity index is 864. The van der Waals surface area contributed by atoms with Gasteiger partial charge in [0.1, 0.15) is 16.9 Å². The van der Waals surface area contributed by atoms with Crippen LogP contribution in [0.1, 0.15) is 43.9 Å². The van der Waals surface area contributed by atoms with E-state index in [0.717, 1.165) is 15.8 Å². The summed E-state index contributed by atoms with van der Waals surface area (Å²) >= 11 is 3.46. The molecule has 1 saturated heterocycles. The lowest BCUT2D eigenvalue weighted by atomic mass is 10.2. The van der Waals surface area contributed by atoms with Gasteiger partial charge in [0.2, 0.25) is 0 Å². The zero-order valence-corrected chi connectivity index (χ0v) is 17.7. The molecular weight excluding hydrogens is 412 g/mol. The van der Waals surface area contributed by atoms with E-state index in [-0.39, 0.29) is 12.0 Å². The Morgan fingerprint density at radius 3 is 2.37 bits per heavy atom. The Balaban J connectivity index is 1.76. The topological polar surface area (TPSA) is 67.2 Å². The molecule has 27 heavy (non-hydrogen) atoms. The smallest absolute Gasteiger partial charge is 0.410 e. The van der Waals surface area contributed by atoms with Crippen LogP contribution in [-0.4, -0.2) is 63.0 Å². The summed E-state index contributed by atoms with van der Waals surface area (Å²) < 4.78 is 8.14. The van der Waals surface area contributed by atoms with Crippen LogP contribution in [0, 0.1) is 0 Å². The van der Waals surface area contributed by atoms with Crippen LogP contribution in [0.2, 0.25) is 0 Å².